The molecule has 1 N–H and O–H groups in total. The van der Waals surface area contributed by atoms with Gasteiger partial charge in [0.15, 0.2) is 0 Å². The van der Waals surface area contributed by atoms with E-state index < -0.39 is 5.97 Å². The molecule has 11 heavy (non-hydrogen) atoms. The number of carboxylic acid groups (broad SMARTS) is 1. The van der Waals surface area contributed by atoms with Gasteiger partial charge in [-0.2, -0.15) is 18.2 Å². The first-order chi connectivity index (χ1) is 4.73. The Kier molecular flexibility index (Phi) is 12.9. The summed E-state index contributed by atoms with van der Waals surface area (Å²) in [4.78, 5) is 12.8. The molecule has 0 fully saturated rings. The second kappa shape index (κ2) is 10.3. The number of aliphatic carboxylic acids is 1. The summed E-state index contributed by atoms with van der Waals surface area (Å²) in [5.41, 5.74) is 0. The average Bonchev–Trinajstić information content (AvgIpc) is 1.90. The van der Waals surface area contributed by atoms with Crippen molar-refractivity contribution >= 4 is 5.97 Å². The topological polar surface area (TPSA) is 50.2 Å². The first-order valence-corrected chi connectivity index (χ1v) is 2.69. The molecular formula is C7H8KNO2. The summed E-state index contributed by atoms with van der Waals surface area (Å²) in [6.07, 6.45) is 3.39. The summed E-state index contributed by atoms with van der Waals surface area (Å²) in [6, 6.07) is 6.36. The van der Waals surface area contributed by atoms with Crippen LogP contribution in [-0.2, 0) is 4.79 Å². The molecule has 54 valence electrons. The van der Waals surface area contributed by atoms with E-state index >= 15 is 0 Å². The van der Waals surface area contributed by atoms with Crippen LogP contribution in [0, 0.1) is 6.07 Å². The minimum absolute atomic E-state index is 0. The summed E-state index contributed by atoms with van der Waals surface area (Å²) in [5.74, 6) is -0.833. The number of hydrogen-bond acceptors (Lipinski definition) is 2. The number of carboxylic acids is 1. The van der Waals surface area contributed by atoms with Gasteiger partial charge in [0, 0.05) is 6.92 Å². The van der Waals surface area contributed by atoms with Crippen LogP contribution in [0.1, 0.15) is 6.92 Å². The van der Waals surface area contributed by atoms with Gasteiger partial charge in [-0.25, -0.2) is 0 Å². The second-order valence-corrected chi connectivity index (χ2v) is 1.47. The number of rotatable bonds is 0. The van der Waals surface area contributed by atoms with Crippen LogP contribution in [0.3, 0.4) is 0 Å². The Morgan fingerprint density at radius 3 is 1.91 bits per heavy atom. The largest absolute Gasteiger partial charge is 1.00 e. The van der Waals surface area contributed by atoms with Crippen molar-refractivity contribution in [3.8, 4) is 0 Å². The van der Waals surface area contributed by atoms with E-state index in [0.29, 0.717) is 0 Å². The van der Waals surface area contributed by atoms with Crippen LogP contribution >= 0.6 is 0 Å². The standard InChI is InChI=1S/C5H4N.C2H4O2.K/c1-2-4-6-5-3-1;1-2(3)4;/h2-5H;1H3,(H,3,4);/q-1;;+1. The van der Waals surface area contributed by atoms with Gasteiger partial charge in [0.25, 0.3) is 5.97 Å². The van der Waals surface area contributed by atoms with Crippen molar-refractivity contribution in [3.63, 3.8) is 0 Å². The Morgan fingerprint density at radius 2 is 1.82 bits per heavy atom. The SMILES string of the molecule is CC(=O)O.[K+].[c-]1ccncc1. The molecule has 0 aliphatic carbocycles. The van der Waals surface area contributed by atoms with Crippen LogP contribution in [0.25, 0.3) is 0 Å². The Balaban J connectivity index is 0. The van der Waals surface area contributed by atoms with Crippen molar-refractivity contribution in [3.05, 3.63) is 30.6 Å². The molecule has 1 aromatic rings. The van der Waals surface area contributed by atoms with Gasteiger partial charge < -0.3 is 10.1 Å². The molecule has 1 rings (SSSR count). The van der Waals surface area contributed by atoms with Crippen LogP contribution in [0.15, 0.2) is 24.5 Å². The van der Waals surface area contributed by atoms with E-state index in [9.17, 15) is 0 Å². The summed E-state index contributed by atoms with van der Waals surface area (Å²) in [7, 11) is 0. The van der Waals surface area contributed by atoms with Gasteiger partial charge >= 0.3 is 51.4 Å². The monoisotopic (exact) mass is 177 g/mol. The van der Waals surface area contributed by atoms with Gasteiger partial charge in [-0.05, 0) is 0 Å². The van der Waals surface area contributed by atoms with Crippen LogP contribution in [-0.4, -0.2) is 16.1 Å². The smallest absolute Gasteiger partial charge is 0.481 e. The summed E-state index contributed by atoms with van der Waals surface area (Å²) < 4.78 is 0. The molecule has 0 spiro atoms. The first kappa shape index (κ1) is 13.8. The summed E-state index contributed by atoms with van der Waals surface area (Å²) >= 11 is 0. The Labute approximate surface area is 108 Å². The summed E-state index contributed by atoms with van der Waals surface area (Å²) in [5, 5.41) is 7.42. The molecule has 0 saturated carbocycles. The van der Waals surface area contributed by atoms with E-state index in [4.69, 9.17) is 9.90 Å². The minimum Gasteiger partial charge on any atom is -0.481 e. The molecule has 0 radical (unpaired) electrons. The maximum Gasteiger partial charge on any atom is 1.00 e. The molecule has 3 nitrogen and oxygen atoms in total. The third-order valence-corrected chi connectivity index (χ3v) is 0.514. The predicted molar refractivity (Wildman–Crippen MR) is 36.4 cm³/mol. The normalized spacial score (nSPS) is 6.64. The fourth-order valence-corrected chi connectivity index (χ4v) is 0.277. The fourth-order valence-electron chi connectivity index (χ4n) is 0.277. The Morgan fingerprint density at radius 1 is 1.45 bits per heavy atom. The van der Waals surface area contributed by atoms with E-state index in [1.807, 2.05) is 0 Å². The fraction of sp³-hybridized carbons (Fsp3) is 0.143. The second-order valence-electron chi connectivity index (χ2n) is 1.47. The minimum atomic E-state index is -0.833. The van der Waals surface area contributed by atoms with Crippen LogP contribution in [0.4, 0.5) is 0 Å². The molecule has 0 saturated heterocycles. The molecule has 1 heterocycles. The molecule has 0 amide bonds. The zero-order valence-electron chi connectivity index (χ0n) is 6.61. The Hall–Kier alpha value is 0.256. The molecule has 0 unspecified atom stereocenters. The van der Waals surface area contributed by atoms with E-state index in [1.165, 1.54) is 0 Å². The molecule has 1 aromatic heterocycles. The van der Waals surface area contributed by atoms with E-state index in [0.717, 1.165) is 6.92 Å². The van der Waals surface area contributed by atoms with Crippen LogP contribution in [0.2, 0.25) is 0 Å². The van der Waals surface area contributed by atoms with Gasteiger partial charge in [0.05, 0.1) is 0 Å². The zero-order chi connectivity index (χ0) is 7.82. The number of carbonyl (C=O) groups is 1. The maximum absolute atomic E-state index is 9.00. The van der Waals surface area contributed by atoms with Crippen molar-refractivity contribution in [2.75, 3.05) is 0 Å². The van der Waals surface area contributed by atoms with E-state index in [-0.39, 0.29) is 51.4 Å². The molecular weight excluding hydrogens is 169 g/mol. The molecule has 0 aliphatic rings. The molecule has 0 atom stereocenters. The molecule has 0 aliphatic heterocycles. The average molecular weight is 177 g/mol. The number of aromatic nitrogens is 1. The summed E-state index contributed by atoms with van der Waals surface area (Å²) in [6.45, 7) is 1.08. The zero-order valence-corrected chi connectivity index (χ0v) is 9.74. The predicted octanol–water partition coefficient (Wildman–Crippen LogP) is -2.02. The van der Waals surface area contributed by atoms with Gasteiger partial charge in [-0.15, -0.1) is 0 Å². The Bertz CT molecular complexity index is 148. The van der Waals surface area contributed by atoms with Gasteiger partial charge in [0.2, 0.25) is 0 Å². The molecule has 0 aromatic carbocycles. The van der Waals surface area contributed by atoms with Crippen LogP contribution in [0.5, 0.6) is 0 Å². The van der Waals surface area contributed by atoms with Crippen molar-refractivity contribution in [2.45, 2.75) is 6.92 Å². The van der Waals surface area contributed by atoms with Crippen molar-refractivity contribution < 1.29 is 61.3 Å². The molecule has 0 bridgehead atoms. The van der Waals surface area contributed by atoms with Crippen molar-refractivity contribution in [1.82, 2.24) is 4.98 Å². The first-order valence-electron chi connectivity index (χ1n) is 2.69. The third-order valence-electron chi connectivity index (χ3n) is 0.514. The van der Waals surface area contributed by atoms with E-state index in [1.54, 1.807) is 24.5 Å². The van der Waals surface area contributed by atoms with Gasteiger partial charge in [-0.3, -0.25) is 4.79 Å². The van der Waals surface area contributed by atoms with Crippen LogP contribution < -0.4 is 51.4 Å². The number of hydrogen-bond donors (Lipinski definition) is 1. The maximum atomic E-state index is 9.00. The quantitative estimate of drug-likeness (QED) is 0.367. The van der Waals surface area contributed by atoms with E-state index in [2.05, 4.69) is 11.1 Å². The number of pyridine rings is 1. The third kappa shape index (κ3) is 17.9. The van der Waals surface area contributed by atoms with Gasteiger partial charge in [-0.1, -0.05) is 12.4 Å². The van der Waals surface area contributed by atoms with Gasteiger partial charge in [0.1, 0.15) is 0 Å². The molecule has 4 heteroatoms. The van der Waals surface area contributed by atoms with Crippen molar-refractivity contribution in [1.29, 1.82) is 0 Å². The van der Waals surface area contributed by atoms with Crippen molar-refractivity contribution in [2.24, 2.45) is 0 Å². The number of nitrogens with zero attached hydrogens (tertiary/aromatic N) is 1.